The summed E-state index contributed by atoms with van der Waals surface area (Å²) in [5, 5.41) is 5.06. The third-order valence-electron chi connectivity index (χ3n) is 2.98. The largest absolute Gasteiger partial charge is 0.452 e. The maximum atomic E-state index is 11.8. The molecule has 0 saturated carbocycles. The number of amides is 2. The van der Waals surface area contributed by atoms with Gasteiger partial charge in [0, 0.05) is 24.4 Å². The molecule has 2 N–H and O–H groups in total. The zero-order valence-corrected chi connectivity index (χ0v) is 14.8. The van der Waals surface area contributed by atoms with Gasteiger partial charge in [-0.15, -0.1) is 0 Å². The van der Waals surface area contributed by atoms with Gasteiger partial charge in [-0.3, -0.25) is 9.59 Å². The highest BCUT2D eigenvalue weighted by atomic mass is 79.9. The van der Waals surface area contributed by atoms with E-state index in [0.29, 0.717) is 21.7 Å². The first kappa shape index (κ1) is 18.5. The highest BCUT2D eigenvalue weighted by Gasteiger charge is 2.07. The molecule has 0 aliphatic heterocycles. The van der Waals surface area contributed by atoms with E-state index >= 15 is 0 Å². The fourth-order valence-electron chi connectivity index (χ4n) is 1.80. The van der Waals surface area contributed by atoms with Crippen molar-refractivity contribution in [1.29, 1.82) is 0 Å². The summed E-state index contributed by atoms with van der Waals surface area (Å²) in [6, 6.07) is 9.67. The van der Waals surface area contributed by atoms with E-state index in [2.05, 4.69) is 26.6 Å². The molecule has 0 radical (unpaired) electrons. The van der Waals surface area contributed by atoms with Crippen LogP contribution in [0.1, 0.15) is 16.1 Å². The quantitative estimate of drug-likeness (QED) is 0.567. The van der Waals surface area contributed by atoms with Gasteiger partial charge in [0.2, 0.25) is 0 Å². The molecule has 7 nitrogen and oxygen atoms in total. The van der Waals surface area contributed by atoms with Crippen LogP contribution in [-0.2, 0) is 14.3 Å². The molecule has 8 heteroatoms. The van der Waals surface area contributed by atoms with Crippen molar-refractivity contribution >= 4 is 45.5 Å². The summed E-state index contributed by atoms with van der Waals surface area (Å²) in [6.07, 6.45) is 2.60. The lowest BCUT2D eigenvalue weighted by atomic mass is 10.2. The summed E-state index contributed by atoms with van der Waals surface area (Å²) >= 11 is 3.15. The van der Waals surface area contributed by atoms with Crippen LogP contribution in [0.4, 0.5) is 5.69 Å². The number of rotatable bonds is 6. The van der Waals surface area contributed by atoms with Crippen LogP contribution >= 0.6 is 15.9 Å². The topological polar surface area (TPSA) is 97.6 Å². The van der Waals surface area contributed by atoms with E-state index < -0.39 is 18.5 Å². The van der Waals surface area contributed by atoms with Gasteiger partial charge >= 0.3 is 5.97 Å². The second-order valence-electron chi connectivity index (χ2n) is 4.79. The second kappa shape index (κ2) is 8.84. The second-order valence-corrected chi connectivity index (χ2v) is 5.57. The first-order valence-corrected chi connectivity index (χ1v) is 7.99. The van der Waals surface area contributed by atoms with Crippen LogP contribution in [-0.4, -0.2) is 31.4 Å². The number of esters is 1. The maximum Gasteiger partial charge on any atom is 0.331 e. The Morgan fingerprint density at radius 1 is 1.16 bits per heavy atom. The number of benzene rings is 1. The number of halogens is 1. The predicted molar refractivity (Wildman–Crippen MR) is 94.9 cm³/mol. The van der Waals surface area contributed by atoms with Crippen molar-refractivity contribution in [1.82, 2.24) is 5.32 Å². The average Bonchev–Trinajstić information content (AvgIpc) is 3.03. The van der Waals surface area contributed by atoms with E-state index in [1.807, 2.05) is 0 Å². The minimum atomic E-state index is -0.669. The van der Waals surface area contributed by atoms with E-state index in [0.717, 1.165) is 6.08 Å². The fourth-order valence-corrected chi connectivity index (χ4v) is 2.12. The number of carbonyl (C=O) groups excluding carboxylic acids is 3. The third kappa shape index (κ3) is 5.92. The first-order valence-electron chi connectivity index (χ1n) is 7.20. The summed E-state index contributed by atoms with van der Waals surface area (Å²) < 4.78 is 10.6. The lowest BCUT2D eigenvalue weighted by Crippen LogP contribution is -2.20. The Labute approximate surface area is 152 Å². The highest BCUT2D eigenvalue weighted by molar-refractivity contribution is 9.10. The molecule has 1 heterocycles. The summed E-state index contributed by atoms with van der Waals surface area (Å²) in [5.74, 6) is -0.903. The number of anilines is 1. The standard InChI is InChI=1S/C17H15BrN2O5/c1-19-17(23)11-2-4-12(5-3-11)20-15(21)10-24-16(22)9-7-13-6-8-14(18)25-13/h2-9H,10H2,1H3,(H,19,23)(H,20,21)/b9-7+. The van der Waals surface area contributed by atoms with Gasteiger partial charge in [0.05, 0.1) is 0 Å². The molecule has 0 unspecified atom stereocenters. The smallest absolute Gasteiger partial charge is 0.331 e. The van der Waals surface area contributed by atoms with Crippen LogP contribution < -0.4 is 10.6 Å². The van der Waals surface area contributed by atoms with Crippen molar-refractivity contribution in [3.05, 3.63) is 58.5 Å². The van der Waals surface area contributed by atoms with E-state index in [1.54, 1.807) is 36.4 Å². The Balaban J connectivity index is 1.79. The summed E-state index contributed by atoms with van der Waals surface area (Å²) in [4.78, 5) is 34.7. The Kier molecular flexibility index (Phi) is 6.53. The lowest BCUT2D eigenvalue weighted by Gasteiger charge is -2.06. The highest BCUT2D eigenvalue weighted by Crippen LogP contribution is 2.15. The Hall–Kier alpha value is -2.87. The van der Waals surface area contributed by atoms with Gasteiger partial charge in [0.1, 0.15) is 5.76 Å². The van der Waals surface area contributed by atoms with E-state index in [-0.39, 0.29) is 5.91 Å². The molecule has 2 rings (SSSR count). The molecule has 1 aromatic carbocycles. The summed E-state index contributed by atoms with van der Waals surface area (Å²) in [7, 11) is 1.53. The number of hydrogen-bond acceptors (Lipinski definition) is 5. The molecule has 0 bridgehead atoms. The maximum absolute atomic E-state index is 11.8. The zero-order chi connectivity index (χ0) is 18.2. The number of ether oxygens (including phenoxy) is 1. The number of carbonyl (C=O) groups is 3. The van der Waals surface area contributed by atoms with E-state index in [9.17, 15) is 14.4 Å². The molecule has 0 saturated heterocycles. The molecule has 0 atom stereocenters. The van der Waals surface area contributed by atoms with Crippen molar-refractivity contribution in [3.63, 3.8) is 0 Å². The van der Waals surface area contributed by atoms with Gasteiger partial charge in [-0.25, -0.2) is 4.79 Å². The molecule has 2 amide bonds. The number of nitrogens with one attached hydrogen (secondary N) is 2. The Morgan fingerprint density at radius 3 is 2.48 bits per heavy atom. The van der Waals surface area contributed by atoms with Crippen molar-refractivity contribution in [3.8, 4) is 0 Å². The third-order valence-corrected chi connectivity index (χ3v) is 3.41. The molecule has 2 aromatic rings. The minimum absolute atomic E-state index is 0.220. The number of hydrogen-bond donors (Lipinski definition) is 2. The molecule has 0 aliphatic carbocycles. The van der Waals surface area contributed by atoms with Gasteiger partial charge in [-0.1, -0.05) is 0 Å². The summed E-state index contributed by atoms with van der Waals surface area (Å²) in [5.41, 5.74) is 0.964. The summed E-state index contributed by atoms with van der Waals surface area (Å²) in [6.45, 7) is -0.428. The molecular weight excluding hydrogens is 392 g/mol. The van der Waals surface area contributed by atoms with Crippen LogP contribution in [0, 0.1) is 0 Å². The Bertz CT molecular complexity index is 796. The number of furan rings is 1. The van der Waals surface area contributed by atoms with Gasteiger partial charge in [0.15, 0.2) is 11.3 Å². The van der Waals surface area contributed by atoms with E-state index in [1.165, 1.54) is 13.1 Å². The lowest BCUT2D eigenvalue weighted by molar-refractivity contribution is -0.142. The normalized spacial score (nSPS) is 10.5. The van der Waals surface area contributed by atoms with E-state index in [4.69, 9.17) is 9.15 Å². The molecule has 0 aliphatic rings. The Morgan fingerprint density at radius 2 is 1.88 bits per heavy atom. The zero-order valence-electron chi connectivity index (χ0n) is 13.2. The molecule has 0 fully saturated rings. The predicted octanol–water partition coefficient (Wildman–Crippen LogP) is 2.60. The fraction of sp³-hybridized carbons (Fsp3) is 0.118. The van der Waals surface area contributed by atoms with Gasteiger partial charge in [-0.05, 0) is 58.4 Å². The molecule has 25 heavy (non-hydrogen) atoms. The van der Waals surface area contributed by atoms with Crippen LogP contribution in [0.5, 0.6) is 0 Å². The van der Waals surface area contributed by atoms with Crippen molar-refractivity contribution in [2.45, 2.75) is 0 Å². The molecule has 0 spiro atoms. The van der Waals surface area contributed by atoms with Crippen molar-refractivity contribution in [2.75, 3.05) is 19.0 Å². The van der Waals surface area contributed by atoms with Gasteiger partial charge in [-0.2, -0.15) is 0 Å². The molecular formula is C17H15BrN2O5. The van der Waals surface area contributed by atoms with Crippen molar-refractivity contribution in [2.24, 2.45) is 0 Å². The molecule has 130 valence electrons. The van der Waals surface area contributed by atoms with Crippen LogP contribution in [0.2, 0.25) is 0 Å². The SMILES string of the molecule is CNC(=O)c1ccc(NC(=O)COC(=O)/C=C/c2ccc(Br)o2)cc1. The minimum Gasteiger partial charge on any atom is -0.452 e. The van der Waals surface area contributed by atoms with Crippen LogP contribution in [0.15, 0.2) is 51.6 Å². The first-order chi connectivity index (χ1) is 12.0. The average molecular weight is 407 g/mol. The monoisotopic (exact) mass is 406 g/mol. The van der Waals surface area contributed by atoms with Gasteiger partial charge < -0.3 is 19.8 Å². The van der Waals surface area contributed by atoms with Crippen LogP contribution in [0.3, 0.4) is 0 Å². The van der Waals surface area contributed by atoms with Gasteiger partial charge in [0.25, 0.3) is 11.8 Å². The van der Waals surface area contributed by atoms with Crippen LogP contribution in [0.25, 0.3) is 6.08 Å². The van der Waals surface area contributed by atoms with Crippen molar-refractivity contribution < 1.29 is 23.5 Å². The molecule has 1 aromatic heterocycles.